The predicted octanol–water partition coefficient (Wildman–Crippen LogP) is 3.18. The third kappa shape index (κ3) is 13.6. The number of esters is 1. The van der Waals surface area contributed by atoms with Gasteiger partial charge in [-0.3, -0.25) is 4.79 Å². The number of aliphatic imine (C=N–C) groups is 1. The molecule has 0 aliphatic carbocycles. The highest BCUT2D eigenvalue weighted by atomic mass is 35.5. The van der Waals surface area contributed by atoms with E-state index >= 15 is 0 Å². The number of nitrogens with zero attached hydrogens (tertiary/aromatic N) is 1. The largest absolute Gasteiger partial charge is 0.480 e. The van der Waals surface area contributed by atoms with E-state index in [0.717, 1.165) is 0 Å². The van der Waals surface area contributed by atoms with Gasteiger partial charge in [0.25, 0.3) is 0 Å². The third-order valence-electron chi connectivity index (χ3n) is 2.59. The molecule has 0 atom stereocenters. The molecule has 0 spiro atoms. The molecule has 12 heteroatoms. The molecule has 1 aliphatic rings. The molecular formula is C16H27Cl3N2O7. The quantitative estimate of drug-likeness (QED) is 0.362. The Bertz CT molecular complexity index is 579. The zero-order valence-electron chi connectivity index (χ0n) is 15.6. The average Bonchev–Trinajstić information content (AvgIpc) is 2.80. The Hall–Kier alpha value is -1.58. The van der Waals surface area contributed by atoms with E-state index in [9.17, 15) is 19.2 Å². The van der Waals surface area contributed by atoms with Crippen molar-refractivity contribution in [1.82, 2.24) is 5.32 Å². The Morgan fingerprint density at radius 2 is 1.79 bits per heavy atom. The lowest BCUT2D eigenvalue weighted by molar-refractivity contribution is -0.145. The van der Waals surface area contributed by atoms with Crippen LogP contribution in [0.4, 0.5) is 4.79 Å². The number of halogens is 3. The molecule has 0 saturated heterocycles. The van der Waals surface area contributed by atoms with Crippen LogP contribution in [-0.2, 0) is 23.9 Å². The van der Waals surface area contributed by atoms with Gasteiger partial charge in [0.05, 0.1) is 12.5 Å². The molecule has 28 heavy (non-hydrogen) atoms. The molecule has 9 nitrogen and oxygen atoms in total. The van der Waals surface area contributed by atoms with E-state index in [1.54, 1.807) is 20.8 Å². The Morgan fingerprint density at radius 1 is 1.29 bits per heavy atom. The number of amides is 1. The fraction of sp³-hybridized carbons (Fsp3) is 0.688. The molecule has 0 aromatic heterocycles. The Morgan fingerprint density at radius 3 is 1.96 bits per heavy atom. The molecule has 2 N–H and O–H groups in total. The van der Waals surface area contributed by atoms with Crippen molar-refractivity contribution in [2.24, 2.45) is 4.99 Å². The number of hydrogen-bond donors (Lipinski definition) is 2. The van der Waals surface area contributed by atoms with Crippen LogP contribution in [0.5, 0.6) is 0 Å². The first-order valence-electron chi connectivity index (χ1n) is 7.53. The average molecular weight is 466 g/mol. The minimum Gasteiger partial charge on any atom is -0.480 e. The van der Waals surface area contributed by atoms with Gasteiger partial charge in [-0.15, -0.1) is 23.2 Å². The monoisotopic (exact) mass is 464 g/mol. The summed E-state index contributed by atoms with van der Waals surface area (Å²) in [5.74, 6) is -1.65. The van der Waals surface area contributed by atoms with Gasteiger partial charge < -0.3 is 19.9 Å². The predicted molar refractivity (Wildman–Crippen MR) is 109 cm³/mol. The van der Waals surface area contributed by atoms with Crippen LogP contribution in [0.15, 0.2) is 4.99 Å². The number of aliphatic carboxylic acids is 1. The van der Waals surface area contributed by atoms with Gasteiger partial charge in [0, 0.05) is 11.6 Å². The van der Waals surface area contributed by atoms with E-state index < -0.39 is 28.4 Å². The Kier molecular flexibility index (Phi) is 16.0. The van der Waals surface area contributed by atoms with E-state index in [1.165, 1.54) is 13.8 Å². The topological polar surface area (TPSA) is 131 Å². The molecular weight excluding hydrogens is 439 g/mol. The number of rotatable bonds is 5. The summed E-state index contributed by atoms with van der Waals surface area (Å²) in [5.41, 5.74) is -2.71. The second-order valence-corrected chi connectivity index (χ2v) is 6.71. The number of carbonyl (C=O) groups is 4. The first-order valence-corrected chi connectivity index (χ1v) is 8.97. The van der Waals surface area contributed by atoms with E-state index in [4.69, 9.17) is 44.6 Å². The molecule has 0 fully saturated rings. The van der Waals surface area contributed by atoms with Crippen molar-refractivity contribution < 1.29 is 33.8 Å². The molecule has 0 saturated carbocycles. The zero-order valence-corrected chi connectivity index (χ0v) is 17.9. The van der Waals surface area contributed by atoms with Crippen molar-refractivity contribution in [2.75, 3.05) is 18.4 Å². The van der Waals surface area contributed by atoms with E-state index in [2.05, 4.69) is 15.0 Å². The normalized spacial score (nSPS) is 13.9. The summed E-state index contributed by atoms with van der Waals surface area (Å²) in [6.45, 7) is 8.20. The summed E-state index contributed by atoms with van der Waals surface area (Å²) in [4.78, 5) is 45.4. The number of carbonyl (C=O) groups excluding carboxylic acids is 3. The van der Waals surface area contributed by atoms with Crippen LogP contribution in [-0.4, -0.2) is 63.7 Å². The van der Waals surface area contributed by atoms with Crippen LogP contribution in [0.1, 0.15) is 42.0 Å². The second kappa shape index (κ2) is 14.4. The minimum atomic E-state index is -1.24. The standard InChI is InChI=1S/C6H10ClNO3.C6H8ClNO2.C3H5ClO2.CH4/c1-6(2,5(10)11)8-4(9)3-7;1-6(2)5(9)10-4(3-7)8-6;1-2-6-3(4)5;/h3H2,1-2H3,(H,8,9)(H,10,11);3H2,1-2H3;2H2,1H3;1H4. The summed E-state index contributed by atoms with van der Waals surface area (Å²) < 4.78 is 8.87. The zero-order chi connectivity index (χ0) is 21.8. The Labute approximate surface area is 179 Å². The van der Waals surface area contributed by atoms with Gasteiger partial charge in [-0.25, -0.2) is 19.4 Å². The van der Waals surface area contributed by atoms with Crippen molar-refractivity contribution in [2.45, 2.75) is 53.1 Å². The number of carboxylic acid groups (broad SMARTS) is 1. The van der Waals surface area contributed by atoms with Gasteiger partial charge in [0.2, 0.25) is 11.8 Å². The lowest BCUT2D eigenvalue weighted by Gasteiger charge is -2.19. The lowest BCUT2D eigenvalue weighted by Crippen LogP contribution is -2.50. The molecule has 0 radical (unpaired) electrons. The van der Waals surface area contributed by atoms with Crippen LogP contribution in [0.3, 0.4) is 0 Å². The number of carboxylic acids is 1. The Balaban J connectivity index is -0.000000343. The van der Waals surface area contributed by atoms with Crippen molar-refractivity contribution in [1.29, 1.82) is 0 Å². The van der Waals surface area contributed by atoms with Crippen LogP contribution in [0.25, 0.3) is 0 Å². The summed E-state index contributed by atoms with van der Waals surface area (Å²) in [6, 6.07) is 0. The molecule has 0 bridgehead atoms. The number of ether oxygens (including phenoxy) is 2. The van der Waals surface area contributed by atoms with Crippen LogP contribution >= 0.6 is 34.8 Å². The maximum atomic E-state index is 10.9. The van der Waals surface area contributed by atoms with Crippen molar-refractivity contribution >= 4 is 64.0 Å². The highest BCUT2D eigenvalue weighted by Gasteiger charge is 2.36. The summed E-state index contributed by atoms with van der Waals surface area (Å²) in [7, 11) is 0. The SMILES string of the molecule is C.CC(C)(NC(=O)CCl)C(=O)O.CC1(C)N=C(CCl)OC1=O.CCOC(=O)Cl. The van der Waals surface area contributed by atoms with Crippen molar-refractivity contribution in [3.8, 4) is 0 Å². The van der Waals surface area contributed by atoms with Gasteiger partial charge in [-0.1, -0.05) is 7.43 Å². The highest BCUT2D eigenvalue weighted by molar-refractivity contribution is 6.61. The van der Waals surface area contributed by atoms with Gasteiger partial charge in [-0.2, -0.15) is 0 Å². The maximum absolute atomic E-state index is 10.9. The number of alkyl halides is 2. The van der Waals surface area contributed by atoms with Crippen molar-refractivity contribution in [3.05, 3.63) is 0 Å². The summed E-state index contributed by atoms with van der Waals surface area (Å²) in [6.07, 6.45) is 0. The molecule has 1 amide bonds. The van der Waals surface area contributed by atoms with Crippen LogP contribution in [0.2, 0.25) is 0 Å². The maximum Gasteiger partial charge on any atom is 0.403 e. The van der Waals surface area contributed by atoms with Gasteiger partial charge in [-0.05, 0) is 34.6 Å². The van der Waals surface area contributed by atoms with Crippen LogP contribution in [0, 0.1) is 0 Å². The molecule has 1 aliphatic heterocycles. The minimum absolute atomic E-state index is 0. The fourth-order valence-electron chi connectivity index (χ4n) is 1.22. The molecule has 164 valence electrons. The molecule has 1 heterocycles. The summed E-state index contributed by atoms with van der Waals surface area (Å²) >= 11 is 15.3. The lowest BCUT2D eigenvalue weighted by atomic mass is 10.1. The van der Waals surface area contributed by atoms with E-state index in [0.29, 0.717) is 12.5 Å². The number of cyclic esters (lactones) is 1. The third-order valence-corrected chi connectivity index (χ3v) is 3.17. The van der Waals surface area contributed by atoms with E-state index in [1.807, 2.05) is 0 Å². The van der Waals surface area contributed by atoms with Crippen LogP contribution < -0.4 is 5.32 Å². The van der Waals surface area contributed by atoms with E-state index in [-0.39, 0.29) is 25.2 Å². The molecule has 0 aromatic carbocycles. The summed E-state index contributed by atoms with van der Waals surface area (Å²) in [5, 5.41) is 10.8. The van der Waals surface area contributed by atoms with Gasteiger partial charge in [0.1, 0.15) is 11.4 Å². The molecule has 0 aromatic rings. The number of nitrogens with one attached hydrogen (secondary N) is 1. The van der Waals surface area contributed by atoms with Gasteiger partial charge >= 0.3 is 17.4 Å². The first kappa shape index (κ1) is 31.1. The molecule has 1 rings (SSSR count). The smallest absolute Gasteiger partial charge is 0.403 e. The second-order valence-electron chi connectivity index (χ2n) is 5.87. The highest BCUT2D eigenvalue weighted by Crippen LogP contribution is 2.18. The van der Waals surface area contributed by atoms with Gasteiger partial charge in [0.15, 0.2) is 5.54 Å². The van der Waals surface area contributed by atoms with Crippen molar-refractivity contribution in [3.63, 3.8) is 0 Å². The first-order chi connectivity index (χ1) is 12.2. The molecule has 0 unspecified atom stereocenters. The fourth-order valence-corrected chi connectivity index (χ4v) is 1.51. The number of hydrogen-bond acceptors (Lipinski definition) is 7.